The Balaban J connectivity index is 1.13. The van der Waals surface area contributed by atoms with Crippen LogP contribution in [0.4, 0.5) is 11.4 Å². The van der Waals surface area contributed by atoms with Crippen molar-refractivity contribution in [1.29, 1.82) is 0 Å². The Labute approximate surface area is 241 Å². The molecule has 1 N–H and O–H groups in total. The molecule has 7 nitrogen and oxygen atoms in total. The first-order valence-corrected chi connectivity index (χ1v) is 14.3. The molecule has 0 spiro atoms. The molecule has 0 radical (unpaired) electrons. The molecule has 2 aliphatic carbocycles. The molecule has 2 saturated carbocycles. The zero-order chi connectivity index (χ0) is 28.1. The highest BCUT2D eigenvalue weighted by atomic mass is 79.9. The Kier molecular flexibility index (Phi) is 6.82. The molecular formula is C32H29BrN2O5. The van der Waals surface area contributed by atoms with Crippen LogP contribution in [0.2, 0.25) is 0 Å². The second-order valence-electron chi connectivity index (χ2n) is 11.1. The van der Waals surface area contributed by atoms with Gasteiger partial charge in [-0.3, -0.25) is 19.3 Å². The van der Waals surface area contributed by atoms with Crippen LogP contribution in [0.5, 0.6) is 0 Å². The van der Waals surface area contributed by atoms with Crippen molar-refractivity contribution in [1.82, 2.24) is 0 Å². The average Bonchev–Trinajstić information content (AvgIpc) is 3.62. The molecule has 3 aromatic rings. The summed E-state index contributed by atoms with van der Waals surface area (Å²) >= 11 is 3.50. The maximum atomic E-state index is 13.6. The quantitative estimate of drug-likeness (QED) is 0.285. The lowest BCUT2D eigenvalue weighted by atomic mass is 9.73. The minimum absolute atomic E-state index is 0.142. The number of fused-ring (bicyclic) bond motifs is 5. The van der Waals surface area contributed by atoms with Crippen LogP contribution in [-0.4, -0.2) is 30.3 Å². The Morgan fingerprint density at radius 1 is 0.925 bits per heavy atom. The number of ether oxygens (including phenoxy) is 1. The highest BCUT2D eigenvalue weighted by molar-refractivity contribution is 9.10. The van der Waals surface area contributed by atoms with Gasteiger partial charge < -0.3 is 10.1 Å². The van der Waals surface area contributed by atoms with E-state index in [0.717, 1.165) is 28.4 Å². The highest BCUT2D eigenvalue weighted by Crippen LogP contribution is 2.61. The van der Waals surface area contributed by atoms with E-state index in [4.69, 9.17) is 4.74 Å². The van der Waals surface area contributed by atoms with E-state index in [1.54, 1.807) is 18.2 Å². The van der Waals surface area contributed by atoms with Crippen molar-refractivity contribution >= 4 is 51.0 Å². The van der Waals surface area contributed by atoms with E-state index in [2.05, 4.69) is 33.4 Å². The molecule has 0 unspecified atom stereocenters. The van der Waals surface area contributed by atoms with Gasteiger partial charge >= 0.3 is 5.97 Å². The molecule has 8 heteroatoms. The number of hydrogen-bond donors (Lipinski definition) is 1. The first-order valence-electron chi connectivity index (χ1n) is 13.5. The number of hydrogen-bond acceptors (Lipinski definition) is 5. The number of carbonyl (C=O) groups is 4. The zero-order valence-electron chi connectivity index (χ0n) is 22.2. The van der Waals surface area contributed by atoms with E-state index in [9.17, 15) is 19.2 Å². The summed E-state index contributed by atoms with van der Waals surface area (Å²) < 4.78 is 6.22. The molecule has 0 aromatic heterocycles. The van der Waals surface area contributed by atoms with Crippen LogP contribution in [0.15, 0.2) is 71.2 Å². The van der Waals surface area contributed by atoms with Gasteiger partial charge in [0.1, 0.15) is 0 Å². The number of carbonyl (C=O) groups excluding carboxylic acids is 4. The van der Waals surface area contributed by atoms with E-state index < -0.39 is 18.5 Å². The Morgan fingerprint density at radius 2 is 1.62 bits per heavy atom. The number of imide groups is 1. The predicted octanol–water partition coefficient (Wildman–Crippen LogP) is 5.79. The maximum Gasteiger partial charge on any atom is 0.338 e. The molecule has 6 rings (SSSR count). The van der Waals surface area contributed by atoms with Crippen LogP contribution >= 0.6 is 15.9 Å². The molecule has 1 heterocycles. The largest absolute Gasteiger partial charge is 0.452 e. The number of nitrogens with zero attached hydrogens (tertiary/aromatic N) is 1. The molecule has 3 aliphatic rings. The minimum Gasteiger partial charge on any atom is -0.452 e. The van der Waals surface area contributed by atoms with Crippen LogP contribution in [-0.2, 0) is 19.1 Å². The van der Waals surface area contributed by atoms with Gasteiger partial charge in [-0.1, -0.05) is 52.3 Å². The summed E-state index contributed by atoms with van der Waals surface area (Å²) in [5.74, 6) is -1.57. The molecule has 1 aliphatic heterocycles. The molecule has 204 valence electrons. The van der Waals surface area contributed by atoms with Crippen LogP contribution in [0.25, 0.3) is 0 Å². The highest BCUT2D eigenvalue weighted by Gasteiger charge is 2.64. The van der Waals surface area contributed by atoms with Crippen molar-refractivity contribution in [3.8, 4) is 0 Å². The van der Waals surface area contributed by atoms with Gasteiger partial charge in [-0.2, -0.15) is 0 Å². The van der Waals surface area contributed by atoms with Gasteiger partial charge in [0.2, 0.25) is 11.8 Å². The fraction of sp³-hybridized carbons (Fsp3) is 0.312. The molecule has 40 heavy (non-hydrogen) atoms. The normalized spacial score (nSPS) is 24.8. The smallest absolute Gasteiger partial charge is 0.338 e. The summed E-state index contributed by atoms with van der Waals surface area (Å²) in [6.45, 7) is 3.39. The Hall–Kier alpha value is -3.78. The molecule has 2 bridgehead atoms. The lowest BCUT2D eigenvalue weighted by Gasteiger charge is -2.28. The number of halogens is 1. The van der Waals surface area contributed by atoms with Crippen molar-refractivity contribution in [3.05, 3.63) is 93.5 Å². The second-order valence-corrected chi connectivity index (χ2v) is 11.9. The third kappa shape index (κ3) is 4.54. The first-order chi connectivity index (χ1) is 19.2. The van der Waals surface area contributed by atoms with Crippen molar-refractivity contribution in [2.24, 2.45) is 23.7 Å². The first kappa shape index (κ1) is 26.4. The summed E-state index contributed by atoms with van der Waals surface area (Å²) in [7, 11) is 0. The van der Waals surface area contributed by atoms with Gasteiger partial charge in [-0.05, 0) is 91.5 Å². The number of esters is 1. The summed E-state index contributed by atoms with van der Waals surface area (Å²) in [6, 6.07) is 20.2. The Bertz CT molecular complexity index is 1510. The maximum absolute atomic E-state index is 13.6. The van der Waals surface area contributed by atoms with Crippen molar-refractivity contribution in [2.45, 2.75) is 32.6 Å². The lowest BCUT2D eigenvalue weighted by Crippen LogP contribution is -2.33. The molecule has 1 saturated heterocycles. The van der Waals surface area contributed by atoms with Gasteiger partial charge in [0, 0.05) is 10.2 Å². The average molecular weight is 601 g/mol. The fourth-order valence-corrected chi connectivity index (χ4v) is 7.23. The van der Waals surface area contributed by atoms with Crippen LogP contribution in [0.1, 0.15) is 45.8 Å². The lowest BCUT2D eigenvalue weighted by molar-refractivity contribution is -0.123. The number of anilines is 2. The molecule has 5 atom stereocenters. The van der Waals surface area contributed by atoms with Crippen molar-refractivity contribution in [2.75, 3.05) is 16.8 Å². The standard InChI is InChI=1S/C32H29BrN2O5/c1-17-11-22(12-18(2)29(17)33)34-26(36)16-40-32(39)20-9-6-10-23(13-20)35-30(37)27-21-14-24(19-7-4-3-5-8-19)25(15-21)28(27)31(35)38/h3-13,21,24-25,27-28H,14-16H2,1-2H3,(H,34,36)/t21-,24-,25+,27+,28+/m0/s1. The number of aryl methyl sites for hydroxylation is 2. The third-order valence-electron chi connectivity index (χ3n) is 8.64. The summed E-state index contributed by atoms with van der Waals surface area (Å²) in [5.41, 5.74) is 4.32. The summed E-state index contributed by atoms with van der Waals surface area (Å²) in [5, 5.41) is 2.74. The number of nitrogens with one attached hydrogen (secondary N) is 1. The monoisotopic (exact) mass is 600 g/mol. The number of benzene rings is 3. The van der Waals surface area contributed by atoms with Crippen molar-refractivity contribution < 1.29 is 23.9 Å². The number of amides is 3. The molecule has 3 aromatic carbocycles. The van der Waals surface area contributed by atoms with Gasteiger partial charge in [-0.15, -0.1) is 0 Å². The minimum atomic E-state index is -0.705. The van der Waals surface area contributed by atoms with Crippen LogP contribution in [0, 0.1) is 37.5 Å². The van der Waals surface area contributed by atoms with Gasteiger partial charge in [0.05, 0.1) is 23.1 Å². The molecular weight excluding hydrogens is 572 g/mol. The molecule has 3 fully saturated rings. The van der Waals surface area contributed by atoms with E-state index in [1.807, 2.05) is 44.2 Å². The third-order valence-corrected chi connectivity index (χ3v) is 9.89. The van der Waals surface area contributed by atoms with Gasteiger partial charge in [-0.25, -0.2) is 4.79 Å². The van der Waals surface area contributed by atoms with Crippen molar-refractivity contribution in [3.63, 3.8) is 0 Å². The topological polar surface area (TPSA) is 92.8 Å². The second kappa shape index (κ2) is 10.3. The van der Waals surface area contributed by atoms with E-state index in [1.165, 1.54) is 16.5 Å². The fourth-order valence-electron chi connectivity index (χ4n) is 7.00. The predicted molar refractivity (Wildman–Crippen MR) is 154 cm³/mol. The molecule has 3 amide bonds. The van der Waals surface area contributed by atoms with E-state index in [0.29, 0.717) is 11.4 Å². The SMILES string of the molecule is Cc1cc(NC(=O)COC(=O)c2cccc(N3C(=O)[C@@H]4[C@@H]5C[C@@H]([C@H]4C3=O)[C@H](c3ccccc3)C5)c2)cc(C)c1Br. The Morgan fingerprint density at radius 3 is 2.35 bits per heavy atom. The van der Waals surface area contributed by atoms with E-state index in [-0.39, 0.29) is 47.0 Å². The van der Waals surface area contributed by atoms with Crippen LogP contribution in [0.3, 0.4) is 0 Å². The summed E-state index contributed by atoms with van der Waals surface area (Å²) in [6.07, 6.45) is 1.81. The van der Waals surface area contributed by atoms with Gasteiger partial charge in [0.25, 0.3) is 5.91 Å². The van der Waals surface area contributed by atoms with Gasteiger partial charge in [0.15, 0.2) is 6.61 Å². The zero-order valence-corrected chi connectivity index (χ0v) is 23.8. The van der Waals surface area contributed by atoms with Crippen LogP contribution < -0.4 is 10.2 Å². The van der Waals surface area contributed by atoms with E-state index >= 15 is 0 Å². The summed E-state index contributed by atoms with van der Waals surface area (Å²) in [4.78, 5) is 53.6. The number of rotatable bonds is 6.